The van der Waals surface area contributed by atoms with Gasteiger partial charge in [-0.2, -0.15) is 0 Å². The monoisotopic (exact) mass is 435 g/mol. The maximum atomic E-state index is 10.3. The molecular weight excluding hydrogens is 402 g/mol. The first-order chi connectivity index (χ1) is 15.5. The molecule has 0 radical (unpaired) electrons. The van der Waals surface area contributed by atoms with Crippen molar-refractivity contribution in [2.45, 2.75) is 38.1 Å². The molecule has 0 amide bonds. The number of aromatic nitrogens is 1. The number of likely N-dealkylation sites (tertiary alicyclic amines) is 1. The van der Waals surface area contributed by atoms with Crippen LogP contribution in [0.3, 0.4) is 0 Å². The summed E-state index contributed by atoms with van der Waals surface area (Å²) in [6, 6.07) is 18.5. The molecular formula is C26H33N3O3. The highest BCUT2D eigenvalue weighted by Gasteiger charge is 2.19. The van der Waals surface area contributed by atoms with Crippen molar-refractivity contribution in [1.82, 2.24) is 14.8 Å². The molecule has 1 aromatic heterocycles. The third kappa shape index (κ3) is 6.50. The molecule has 1 aliphatic heterocycles. The number of piperidine rings is 1. The van der Waals surface area contributed by atoms with E-state index in [0.717, 1.165) is 55.7 Å². The molecule has 0 spiro atoms. The van der Waals surface area contributed by atoms with Crippen molar-refractivity contribution in [1.29, 1.82) is 0 Å². The van der Waals surface area contributed by atoms with Gasteiger partial charge in [0.25, 0.3) is 0 Å². The third-order valence-corrected chi connectivity index (χ3v) is 5.94. The lowest BCUT2D eigenvalue weighted by Gasteiger charge is -2.30. The molecule has 6 nitrogen and oxygen atoms in total. The van der Waals surface area contributed by atoms with Crippen LogP contribution < -0.4 is 4.74 Å². The molecule has 0 unspecified atom stereocenters. The Hall–Kier alpha value is -2.51. The molecule has 1 atom stereocenters. The van der Waals surface area contributed by atoms with Crippen molar-refractivity contribution in [3.05, 3.63) is 71.9 Å². The standard InChI is InChI=1S/C26H33N3O3/c1-28(17-21-7-8-26-22(14-21)5-3-11-27-26)16-20-4-2-6-25(15-20)32-19-24(31)18-29-12-9-23(30)10-13-29/h2-8,11,14-15,23-24,30-31H,9-10,12-13,16-19H2,1H3/t24-/m1/s1. The van der Waals surface area contributed by atoms with E-state index in [9.17, 15) is 10.2 Å². The van der Waals surface area contributed by atoms with Gasteiger partial charge in [-0.25, -0.2) is 0 Å². The topological polar surface area (TPSA) is 69.1 Å². The smallest absolute Gasteiger partial charge is 0.119 e. The van der Waals surface area contributed by atoms with Crippen molar-refractivity contribution in [2.75, 3.05) is 33.3 Å². The normalized spacial score (nSPS) is 16.5. The molecule has 170 valence electrons. The van der Waals surface area contributed by atoms with E-state index in [1.165, 1.54) is 11.1 Å². The van der Waals surface area contributed by atoms with Crippen molar-refractivity contribution >= 4 is 10.9 Å². The Morgan fingerprint density at radius 3 is 2.66 bits per heavy atom. The van der Waals surface area contributed by atoms with Crippen LogP contribution in [0.1, 0.15) is 24.0 Å². The van der Waals surface area contributed by atoms with Gasteiger partial charge >= 0.3 is 0 Å². The van der Waals surface area contributed by atoms with Gasteiger partial charge in [-0.15, -0.1) is 0 Å². The highest BCUT2D eigenvalue weighted by atomic mass is 16.5. The molecule has 2 heterocycles. The van der Waals surface area contributed by atoms with Gasteiger partial charge in [-0.1, -0.05) is 24.3 Å². The number of nitrogens with zero attached hydrogens (tertiary/aromatic N) is 3. The van der Waals surface area contributed by atoms with E-state index in [4.69, 9.17) is 4.74 Å². The van der Waals surface area contributed by atoms with Crippen LogP contribution in [-0.2, 0) is 13.1 Å². The second kappa shape index (κ2) is 10.9. The number of aliphatic hydroxyl groups is 2. The summed E-state index contributed by atoms with van der Waals surface area (Å²) >= 11 is 0. The molecule has 4 rings (SSSR count). The zero-order valence-electron chi connectivity index (χ0n) is 18.7. The summed E-state index contributed by atoms with van der Waals surface area (Å²) in [4.78, 5) is 8.85. The number of hydrogen-bond acceptors (Lipinski definition) is 6. The molecule has 2 N–H and O–H groups in total. The minimum Gasteiger partial charge on any atom is -0.491 e. The van der Waals surface area contributed by atoms with Crippen LogP contribution in [0.4, 0.5) is 0 Å². The summed E-state index contributed by atoms with van der Waals surface area (Å²) in [5.41, 5.74) is 3.45. The lowest BCUT2D eigenvalue weighted by Crippen LogP contribution is -2.41. The minimum absolute atomic E-state index is 0.196. The summed E-state index contributed by atoms with van der Waals surface area (Å²) in [5, 5.41) is 21.1. The summed E-state index contributed by atoms with van der Waals surface area (Å²) in [5.74, 6) is 0.779. The Balaban J connectivity index is 1.26. The molecule has 1 aliphatic rings. The molecule has 1 saturated heterocycles. The fraction of sp³-hybridized carbons (Fsp3) is 0.423. The van der Waals surface area contributed by atoms with Crippen molar-refractivity contribution in [2.24, 2.45) is 0 Å². The fourth-order valence-corrected chi connectivity index (χ4v) is 4.28. The summed E-state index contributed by atoms with van der Waals surface area (Å²) in [6.07, 6.45) is 2.64. The third-order valence-electron chi connectivity index (χ3n) is 5.94. The second-order valence-electron chi connectivity index (χ2n) is 8.85. The summed E-state index contributed by atoms with van der Waals surface area (Å²) < 4.78 is 5.87. The maximum Gasteiger partial charge on any atom is 0.119 e. The zero-order chi connectivity index (χ0) is 22.3. The van der Waals surface area contributed by atoms with Gasteiger partial charge in [0.15, 0.2) is 0 Å². The highest BCUT2D eigenvalue weighted by molar-refractivity contribution is 5.78. The quantitative estimate of drug-likeness (QED) is 0.538. The van der Waals surface area contributed by atoms with E-state index < -0.39 is 6.10 Å². The first kappa shape index (κ1) is 22.7. The Morgan fingerprint density at radius 2 is 1.84 bits per heavy atom. The van der Waals surface area contributed by atoms with Gasteiger partial charge in [-0.05, 0) is 61.3 Å². The number of fused-ring (bicyclic) bond motifs is 1. The van der Waals surface area contributed by atoms with E-state index in [-0.39, 0.29) is 12.7 Å². The van der Waals surface area contributed by atoms with Gasteiger partial charge < -0.3 is 19.8 Å². The Bertz CT molecular complexity index is 1000. The molecule has 0 aliphatic carbocycles. The predicted octanol–water partition coefficient (Wildman–Crippen LogP) is 3.06. The first-order valence-corrected chi connectivity index (χ1v) is 11.4. The maximum absolute atomic E-state index is 10.3. The van der Waals surface area contributed by atoms with Crippen LogP contribution in [0.2, 0.25) is 0 Å². The molecule has 6 heteroatoms. The highest BCUT2D eigenvalue weighted by Crippen LogP contribution is 2.18. The van der Waals surface area contributed by atoms with Crippen LogP contribution in [-0.4, -0.2) is 70.5 Å². The number of rotatable bonds is 9. The summed E-state index contributed by atoms with van der Waals surface area (Å²) in [6.45, 7) is 4.15. The van der Waals surface area contributed by atoms with Crippen molar-refractivity contribution in [3.63, 3.8) is 0 Å². The lowest BCUT2D eigenvalue weighted by molar-refractivity contribution is 0.0337. The summed E-state index contributed by atoms with van der Waals surface area (Å²) in [7, 11) is 2.11. The Labute approximate surface area is 190 Å². The first-order valence-electron chi connectivity index (χ1n) is 11.4. The largest absolute Gasteiger partial charge is 0.491 e. The Morgan fingerprint density at radius 1 is 1.06 bits per heavy atom. The van der Waals surface area contributed by atoms with Crippen molar-refractivity contribution in [3.8, 4) is 5.75 Å². The average Bonchev–Trinajstić information content (AvgIpc) is 2.79. The molecule has 0 saturated carbocycles. The average molecular weight is 436 g/mol. The van der Waals surface area contributed by atoms with Gasteiger partial charge in [0.2, 0.25) is 0 Å². The molecule has 1 fully saturated rings. The molecule has 0 bridgehead atoms. The fourth-order valence-electron chi connectivity index (χ4n) is 4.28. The zero-order valence-corrected chi connectivity index (χ0v) is 18.7. The van der Waals surface area contributed by atoms with Crippen LogP contribution >= 0.6 is 0 Å². The number of benzene rings is 2. The number of hydrogen-bond donors (Lipinski definition) is 2. The van der Waals surface area contributed by atoms with Gasteiger partial charge in [0, 0.05) is 44.3 Å². The van der Waals surface area contributed by atoms with Crippen LogP contribution in [0.25, 0.3) is 10.9 Å². The number of β-amino-alcohol motifs (C(OH)–C–C–N with tert-alkyl or cyclic N) is 1. The van der Waals surface area contributed by atoms with Crippen molar-refractivity contribution < 1.29 is 14.9 Å². The lowest BCUT2D eigenvalue weighted by atomic mass is 10.1. The Kier molecular flexibility index (Phi) is 7.71. The van der Waals surface area contributed by atoms with E-state index in [1.54, 1.807) is 0 Å². The second-order valence-corrected chi connectivity index (χ2v) is 8.85. The predicted molar refractivity (Wildman–Crippen MR) is 127 cm³/mol. The van der Waals surface area contributed by atoms with Gasteiger partial charge in [0.1, 0.15) is 18.5 Å². The van der Waals surface area contributed by atoms with E-state index in [1.807, 2.05) is 30.5 Å². The number of pyridine rings is 1. The van der Waals surface area contributed by atoms with Crippen LogP contribution in [0.5, 0.6) is 5.75 Å². The van der Waals surface area contributed by atoms with E-state index in [2.05, 4.69) is 52.2 Å². The van der Waals surface area contributed by atoms with Crippen LogP contribution in [0, 0.1) is 0 Å². The molecule has 32 heavy (non-hydrogen) atoms. The minimum atomic E-state index is -0.543. The van der Waals surface area contributed by atoms with Gasteiger partial charge in [-0.3, -0.25) is 9.88 Å². The molecule has 3 aromatic rings. The van der Waals surface area contributed by atoms with E-state index >= 15 is 0 Å². The van der Waals surface area contributed by atoms with Crippen LogP contribution in [0.15, 0.2) is 60.8 Å². The number of ether oxygens (including phenoxy) is 1. The van der Waals surface area contributed by atoms with E-state index in [0.29, 0.717) is 6.54 Å². The SMILES string of the molecule is CN(Cc1cccc(OC[C@H](O)CN2CCC(O)CC2)c1)Cc1ccc2ncccc2c1. The molecule has 2 aromatic carbocycles. The van der Waals surface area contributed by atoms with Gasteiger partial charge in [0.05, 0.1) is 11.6 Å². The number of aliphatic hydroxyl groups excluding tert-OH is 2.